The summed E-state index contributed by atoms with van der Waals surface area (Å²) in [6, 6.07) is 11.5. The van der Waals surface area contributed by atoms with Crippen LogP contribution in [0.1, 0.15) is 44.1 Å². The highest BCUT2D eigenvalue weighted by Gasteiger charge is 2.52. The summed E-state index contributed by atoms with van der Waals surface area (Å²) in [6.07, 6.45) is 4.35. The van der Waals surface area contributed by atoms with Crippen LogP contribution in [0.15, 0.2) is 24.3 Å². The first-order valence-electron chi connectivity index (χ1n) is 9.52. The molecule has 0 N–H and O–H groups in total. The van der Waals surface area contributed by atoms with E-state index in [1.807, 2.05) is 11.0 Å². The third-order valence-corrected chi connectivity index (χ3v) is 6.41. The molecule has 3 aliphatic rings. The van der Waals surface area contributed by atoms with Crippen molar-refractivity contribution < 1.29 is 9.59 Å². The van der Waals surface area contributed by atoms with Crippen LogP contribution in [-0.4, -0.2) is 36.3 Å². The first-order chi connectivity index (χ1) is 13.0. The average molecular weight is 362 g/mol. The Kier molecular flexibility index (Phi) is 4.15. The molecule has 1 spiro atoms. The summed E-state index contributed by atoms with van der Waals surface area (Å²) in [5, 5.41) is 18.7. The van der Waals surface area contributed by atoms with Crippen LogP contribution >= 0.6 is 0 Å². The number of benzene rings is 1. The van der Waals surface area contributed by atoms with E-state index in [0.717, 1.165) is 24.9 Å². The van der Waals surface area contributed by atoms with E-state index < -0.39 is 5.41 Å². The van der Waals surface area contributed by atoms with Crippen molar-refractivity contribution in [1.29, 1.82) is 10.5 Å². The number of rotatable bonds is 2. The standard InChI is InChI=1S/C21H22N4O2/c22-12-16-4-3-5-17(10-16)25-15-20(11-18(25)26)8-9-24(14-20)19(27)21(13-23)6-1-2-7-21/h3-5,10H,1-2,6-9,11,14-15H2. The molecule has 27 heavy (non-hydrogen) atoms. The lowest BCUT2D eigenvalue weighted by atomic mass is 9.85. The maximum atomic E-state index is 13.0. The van der Waals surface area contributed by atoms with Crippen molar-refractivity contribution in [2.75, 3.05) is 24.5 Å². The molecule has 1 aliphatic carbocycles. The van der Waals surface area contributed by atoms with Crippen LogP contribution in [-0.2, 0) is 9.59 Å². The highest BCUT2D eigenvalue weighted by Crippen LogP contribution is 2.45. The Bertz CT molecular complexity index is 875. The highest BCUT2D eigenvalue weighted by atomic mass is 16.2. The van der Waals surface area contributed by atoms with Gasteiger partial charge in [-0.15, -0.1) is 0 Å². The molecule has 138 valence electrons. The maximum Gasteiger partial charge on any atom is 0.243 e. The summed E-state index contributed by atoms with van der Waals surface area (Å²) in [5.74, 6) is -0.00740. The van der Waals surface area contributed by atoms with Gasteiger partial charge < -0.3 is 9.80 Å². The molecule has 0 radical (unpaired) electrons. The molecule has 1 aromatic carbocycles. The lowest BCUT2D eigenvalue weighted by Gasteiger charge is -2.28. The van der Waals surface area contributed by atoms with E-state index in [2.05, 4.69) is 12.1 Å². The van der Waals surface area contributed by atoms with Gasteiger partial charge >= 0.3 is 0 Å². The second-order valence-electron chi connectivity index (χ2n) is 8.20. The minimum Gasteiger partial charge on any atom is -0.341 e. The van der Waals surface area contributed by atoms with Gasteiger partial charge in [-0.05, 0) is 37.5 Å². The summed E-state index contributed by atoms with van der Waals surface area (Å²) in [4.78, 5) is 29.3. The number of hydrogen-bond acceptors (Lipinski definition) is 4. The molecule has 6 nitrogen and oxygen atoms in total. The quantitative estimate of drug-likeness (QED) is 0.809. The van der Waals surface area contributed by atoms with E-state index in [1.165, 1.54) is 0 Å². The van der Waals surface area contributed by atoms with Crippen LogP contribution in [0.3, 0.4) is 0 Å². The van der Waals surface area contributed by atoms with Gasteiger partial charge in [-0.3, -0.25) is 9.59 Å². The Labute approximate surface area is 159 Å². The second-order valence-corrected chi connectivity index (χ2v) is 8.20. The summed E-state index contributed by atoms with van der Waals surface area (Å²) >= 11 is 0. The number of nitriles is 2. The van der Waals surface area contributed by atoms with E-state index in [0.29, 0.717) is 44.5 Å². The van der Waals surface area contributed by atoms with E-state index in [-0.39, 0.29) is 17.2 Å². The zero-order chi connectivity index (χ0) is 19.1. The van der Waals surface area contributed by atoms with Crippen molar-refractivity contribution in [2.24, 2.45) is 10.8 Å². The second kappa shape index (κ2) is 6.39. The molecule has 0 bridgehead atoms. The van der Waals surface area contributed by atoms with E-state index in [4.69, 9.17) is 5.26 Å². The highest BCUT2D eigenvalue weighted by molar-refractivity contribution is 5.97. The fraction of sp³-hybridized carbons (Fsp3) is 0.524. The number of nitrogens with zero attached hydrogens (tertiary/aromatic N) is 4. The number of amides is 2. The van der Waals surface area contributed by atoms with Crippen LogP contribution in [0.5, 0.6) is 0 Å². The van der Waals surface area contributed by atoms with E-state index in [1.54, 1.807) is 23.1 Å². The number of anilines is 1. The molecule has 6 heteroatoms. The monoisotopic (exact) mass is 362 g/mol. The lowest BCUT2D eigenvalue weighted by Crippen LogP contribution is -2.42. The zero-order valence-corrected chi connectivity index (χ0v) is 15.3. The number of carbonyl (C=O) groups excluding carboxylic acids is 2. The fourth-order valence-corrected chi connectivity index (χ4v) is 4.91. The van der Waals surface area contributed by atoms with Crippen LogP contribution in [0, 0.1) is 33.5 Å². The molecule has 2 amide bonds. The van der Waals surface area contributed by atoms with Crippen molar-refractivity contribution >= 4 is 17.5 Å². The van der Waals surface area contributed by atoms with Gasteiger partial charge in [0.1, 0.15) is 5.41 Å². The largest absolute Gasteiger partial charge is 0.341 e. The molecule has 1 saturated carbocycles. The Morgan fingerprint density at radius 1 is 1.11 bits per heavy atom. The molecule has 2 saturated heterocycles. The van der Waals surface area contributed by atoms with Crippen molar-refractivity contribution in [2.45, 2.75) is 38.5 Å². The van der Waals surface area contributed by atoms with Gasteiger partial charge in [-0.1, -0.05) is 18.9 Å². The molecular formula is C21H22N4O2. The molecule has 2 heterocycles. The average Bonchev–Trinajstić information content (AvgIpc) is 3.41. The fourth-order valence-electron chi connectivity index (χ4n) is 4.91. The van der Waals surface area contributed by atoms with Crippen molar-refractivity contribution in [1.82, 2.24) is 4.90 Å². The summed E-state index contributed by atoms with van der Waals surface area (Å²) in [5.41, 5.74) is 0.172. The lowest BCUT2D eigenvalue weighted by molar-refractivity contribution is -0.138. The zero-order valence-electron chi connectivity index (χ0n) is 15.3. The maximum absolute atomic E-state index is 13.0. The third kappa shape index (κ3) is 2.86. The van der Waals surface area contributed by atoms with Crippen molar-refractivity contribution in [3.63, 3.8) is 0 Å². The first kappa shape index (κ1) is 17.5. The van der Waals surface area contributed by atoms with Gasteiger partial charge in [0.15, 0.2) is 0 Å². The predicted octanol–water partition coefficient (Wildman–Crippen LogP) is 2.60. The molecule has 3 fully saturated rings. The van der Waals surface area contributed by atoms with Gasteiger partial charge in [-0.2, -0.15) is 10.5 Å². The van der Waals surface area contributed by atoms with Crippen LogP contribution in [0.4, 0.5) is 5.69 Å². The van der Waals surface area contributed by atoms with Crippen LogP contribution in [0.2, 0.25) is 0 Å². The van der Waals surface area contributed by atoms with Gasteiger partial charge in [0.25, 0.3) is 0 Å². The van der Waals surface area contributed by atoms with Gasteiger partial charge in [-0.25, -0.2) is 0 Å². The molecular weight excluding hydrogens is 340 g/mol. The van der Waals surface area contributed by atoms with E-state index >= 15 is 0 Å². The molecule has 0 aromatic heterocycles. The molecule has 2 aliphatic heterocycles. The van der Waals surface area contributed by atoms with Crippen molar-refractivity contribution in [3.8, 4) is 12.1 Å². The minimum atomic E-state index is -0.852. The number of carbonyl (C=O) groups is 2. The summed E-state index contributed by atoms with van der Waals surface area (Å²) < 4.78 is 0. The van der Waals surface area contributed by atoms with Crippen LogP contribution < -0.4 is 4.90 Å². The van der Waals surface area contributed by atoms with Gasteiger partial charge in [0, 0.05) is 37.2 Å². The molecule has 1 aromatic rings. The Balaban J connectivity index is 1.51. The normalized spacial score (nSPS) is 26.4. The van der Waals surface area contributed by atoms with Crippen molar-refractivity contribution in [3.05, 3.63) is 29.8 Å². The van der Waals surface area contributed by atoms with Crippen LogP contribution in [0.25, 0.3) is 0 Å². The molecule has 1 atom stereocenters. The van der Waals surface area contributed by atoms with Gasteiger partial charge in [0.2, 0.25) is 11.8 Å². The summed E-state index contributed by atoms with van der Waals surface area (Å²) in [7, 11) is 0. The Morgan fingerprint density at radius 3 is 2.59 bits per heavy atom. The minimum absolute atomic E-state index is 0.0373. The third-order valence-electron chi connectivity index (χ3n) is 6.41. The van der Waals surface area contributed by atoms with E-state index in [9.17, 15) is 14.9 Å². The predicted molar refractivity (Wildman–Crippen MR) is 98.3 cm³/mol. The summed E-state index contributed by atoms with van der Waals surface area (Å²) in [6.45, 7) is 1.71. The Morgan fingerprint density at radius 2 is 1.89 bits per heavy atom. The van der Waals surface area contributed by atoms with Gasteiger partial charge in [0.05, 0.1) is 17.7 Å². The first-order valence-corrected chi connectivity index (χ1v) is 9.52. The molecule has 4 rings (SSSR count). The number of hydrogen-bond donors (Lipinski definition) is 0. The topological polar surface area (TPSA) is 88.2 Å². The number of likely N-dealkylation sites (tertiary alicyclic amines) is 1. The SMILES string of the molecule is N#Cc1cccc(N2CC3(CCN(C(=O)C4(C#N)CCCC4)C3)CC2=O)c1. The smallest absolute Gasteiger partial charge is 0.243 e. The Hall–Kier alpha value is -2.86. The molecule has 1 unspecified atom stereocenters.